The van der Waals surface area contributed by atoms with Crippen molar-refractivity contribution in [3.05, 3.63) is 76.3 Å². The Balaban J connectivity index is 1.30. The summed E-state index contributed by atoms with van der Waals surface area (Å²) in [5, 5.41) is 0.538. The van der Waals surface area contributed by atoms with Crippen molar-refractivity contribution in [1.82, 2.24) is 0 Å². The average Bonchev–Trinajstić information content (AvgIpc) is 3.38. The van der Waals surface area contributed by atoms with Crippen LogP contribution < -0.4 is 4.90 Å². The van der Waals surface area contributed by atoms with E-state index in [0.717, 1.165) is 12.0 Å². The summed E-state index contributed by atoms with van der Waals surface area (Å²) in [4.78, 5) is 39.6. The summed E-state index contributed by atoms with van der Waals surface area (Å²) in [6.45, 7) is 2.12. The van der Waals surface area contributed by atoms with Crippen LogP contribution in [0.2, 0.25) is 5.02 Å². The first-order valence-electron chi connectivity index (χ1n) is 10.0. The molecule has 5 nitrogen and oxygen atoms in total. The van der Waals surface area contributed by atoms with Crippen molar-refractivity contribution in [2.24, 2.45) is 23.7 Å². The molecule has 4 atom stereocenters. The second-order valence-corrected chi connectivity index (χ2v) is 8.60. The number of halogens is 1. The molecule has 2 aliphatic carbocycles. The molecule has 0 unspecified atom stereocenters. The Hall–Kier alpha value is -2.92. The predicted octanol–water partition coefficient (Wildman–Crippen LogP) is 4.40. The van der Waals surface area contributed by atoms with Crippen LogP contribution in [-0.4, -0.2) is 17.8 Å². The Morgan fingerprint density at radius 3 is 2.50 bits per heavy atom. The molecular formula is C24H20ClNO4. The van der Waals surface area contributed by atoms with E-state index in [1.54, 1.807) is 36.4 Å². The first-order chi connectivity index (χ1) is 14.5. The minimum Gasteiger partial charge on any atom is -0.457 e. The molecule has 2 aromatic carbocycles. The van der Waals surface area contributed by atoms with Gasteiger partial charge in [0.2, 0.25) is 11.8 Å². The van der Waals surface area contributed by atoms with E-state index in [2.05, 4.69) is 6.08 Å². The van der Waals surface area contributed by atoms with Gasteiger partial charge in [0.05, 0.1) is 23.1 Å². The van der Waals surface area contributed by atoms with E-state index < -0.39 is 5.97 Å². The maximum atomic E-state index is 13.0. The third-order valence-electron chi connectivity index (χ3n) is 6.56. The molecule has 2 amide bonds. The third kappa shape index (κ3) is 2.88. The molecule has 1 saturated heterocycles. The van der Waals surface area contributed by atoms with Gasteiger partial charge in [-0.3, -0.25) is 14.5 Å². The van der Waals surface area contributed by atoms with Gasteiger partial charge in [-0.15, -0.1) is 0 Å². The molecule has 1 saturated carbocycles. The number of carbonyl (C=O) groups excluding carboxylic acids is 3. The summed E-state index contributed by atoms with van der Waals surface area (Å²) in [6, 6.07) is 13.6. The SMILES string of the molecule is CC1=C[C@H]2C[C@H]1[C@H]1C(=O)N(c3ccc(C(=O)OCc4ccccc4Cl)cc3)C(=O)[C@@H]12. The zero-order chi connectivity index (χ0) is 21.0. The van der Waals surface area contributed by atoms with Crippen molar-refractivity contribution in [3.63, 3.8) is 0 Å². The van der Waals surface area contributed by atoms with Gasteiger partial charge >= 0.3 is 5.97 Å². The Bertz CT molecular complexity index is 1090. The lowest BCUT2D eigenvalue weighted by molar-refractivity contribution is -0.123. The van der Waals surface area contributed by atoms with Crippen LogP contribution in [0.15, 0.2) is 60.2 Å². The number of esters is 1. The average molecular weight is 422 g/mol. The van der Waals surface area contributed by atoms with E-state index in [4.69, 9.17) is 16.3 Å². The number of fused-ring (bicyclic) bond motifs is 5. The fourth-order valence-corrected chi connectivity index (χ4v) is 5.31. The maximum Gasteiger partial charge on any atom is 0.338 e. The summed E-state index contributed by atoms with van der Waals surface area (Å²) in [5.41, 5.74) is 2.80. The maximum absolute atomic E-state index is 13.0. The zero-order valence-electron chi connectivity index (χ0n) is 16.4. The first kappa shape index (κ1) is 19.1. The minimum atomic E-state index is -0.490. The number of anilines is 1. The summed E-state index contributed by atoms with van der Waals surface area (Å²) in [5.74, 6) is -0.884. The normalized spacial score (nSPS) is 26.7. The molecule has 152 valence electrons. The third-order valence-corrected chi connectivity index (χ3v) is 6.93. The Kier molecular flexibility index (Phi) is 4.51. The number of nitrogens with zero attached hydrogens (tertiary/aromatic N) is 1. The molecule has 1 heterocycles. The topological polar surface area (TPSA) is 63.7 Å². The number of benzene rings is 2. The van der Waals surface area contributed by atoms with Crippen molar-refractivity contribution in [2.45, 2.75) is 20.0 Å². The van der Waals surface area contributed by atoms with Crippen LogP contribution >= 0.6 is 11.6 Å². The second kappa shape index (κ2) is 7.10. The van der Waals surface area contributed by atoms with Gasteiger partial charge in [0.15, 0.2) is 0 Å². The highest BCUT2D eigenvalue weighted by Crippen LogP contribution is 2.55. The van der Waals surface area contributed by atoms with Crippen LogP contribution in [0.5, 0.6) is 0 Å². The van der Waals surface area contributed by atoms with Gasteiger partial charge in [0.25, 0.3) is 0 Å². The van der Waals surface area contributed by atoms with Gasteiger partial charge in [0, 0.05) is 10.6 Å². The Labute approximate surface area is 179 Å². The lowest BCUT2D eigenvalue weighted by Crippen LogP contribution is -2.32. The smallest absolute Gasteiger partial charge is 0.338 e. The lowest BCUT2D eigenvalue weighted by Gasteiger charge is -2.19. The van der Waals surface area contributed by atoms with Crippen LogP contribution in [0, 0.1) is 23.7 Å². The number of amides is 2. The van der Waals surface area contributed by atoms with E-state index >= 15 is 0 Å². The molecule has 2 fully saturated rings. The molecule has 0 spiro atoms. The number of carbonyl (C=O) groups is 3. The number of imide groups is 1. The Morgan fingerprint density at radius 2 is 1.77 bits per heavy atom. The van der Waals surface area contributed by atoms with Gasteiger partial charge in [-0.2, -0.15) is 0 Å². The van der Waals surface area contributed by atoms with Crippen molar-refractivity contribution in [2.75, 3.05) is 4.90 Å². The number of allylic oxidation sites excluding steroid dienone is 2. The molecule has 0 radical (unpaired) electrons. The van der Waals surface area contributed by atoms with E-state index in [9.17, 15) is 14.4 Å². The van der Waals surface area contributed by atoms with Gasteiger partial charge in [-0.05, 0) is 55.5 Å². The van der Waals surface area contributed by atoms with Crippen molar-refractivity contribution in [1.29, 1.82) is 0 Å². The molecule has 2 aromatic rings. The van der Waals surface area contributed by atoms with Gasteiger partial charge in [-0.25, -0.2) is 4.79 Å². The van der Waals surface area contributed by atoms with E-state index in [0.29, 0.717) is 16.3 Å². The molecular weight excluding hydrogens is 402 g/mol. The first-order valence-corrected chi connectivity index (χ1v) is 10.4. The van der Waals surface area contributed by atoms with Crippen molar-refractivity contribution < 1.29 is 19.1 Å². The minimum absolute atomic E-state index is 0.0713. The highest BCUT2D eigenvalue weighted by atomic mass is 35.5. The highest BCUT2D eigenvalue weighted by molar-refractivity contribution is 6.31. The summed E-state index contributed by atoms with van der Waals surface area (Å²) >= 11 is 6.08. The van der Waals surface area contributed by atoms with Gasteiger partial charge in [0.1, 0.15) is 6.61 Å². The summed E-state index contributed by atoms with van der Waals surface area (Å²) < 4.78 is 5.33. The highest BCUT2D eigenvalue weighted by Gasteiger charge is 2.60. The van der Waals surface area contributed by atoms with E-state index in [-0.39, 0.29) is 42.1 Å². The van der Waals surface area contributed by atoms with Crippen LogP contribution in [-0.2, 0) is 20.9 Å². The van der Waals surface area contributed by atoms with E-state index in [1.807, 2.05) is 19.1 Å². The van der Waals surface area contributed by atoms with Crippen LogP contribution in [0.25, 0.3) is 0 Å². The molecule has 5 rings (SSSR count). The number of hydrogen-bond donors (Lipinski definition) is 0. The summed E-state index contributed by atoms with van der Waals surface area (Å²) in [6.07, 6.45) is 3.06. The fourth-order valence-electron chi connectivity index (χ4n) is 5.12. The van der Waals surface area contributed by atoms with Crippen LogP contribution in [0.4, 0.5) is 5.69 Å². The van der Waals surface area contributed by atoms with Crippen LogP contribution in [0.3, 0.4) is 0 Å². The molecule has 2 bridgehead atoms. The predicted molar refractivity (Wildman–Crippen MR) is 112 cm³/mol. The second-order valence-electron chi connectivity index (χ2n) is 8.19. The number of hydrogen-bond acceptors (Lipinski definition) is 4. The molecule has 0 N–H and O–H groups in total. The molecule has 0 aromatic heterocycles. The molecule has 30 heavy (non-hydrogen) atoms. The number of rotatable bonds is 4. The largest absolute Gasteiger partial charge is 0.457 e. The van der Waals surface area contributed by atoms with Gasteiger partial charge in [-0.1, -0.05) is 41.4 Å². The monoisotopic (exact) mass is 421 g/mol. The molecule has 6 heteroatoms. The molecule has 3 aliphatic rings. The quantitative estimate of drug-likeness (QED) is 0.417. The van der Waals surface area contributed by atoms with Crippen molar-refractivity contribution >= 4 is 35.1 Å². The summed E-state index contributed by atoms with van der Waals surface area (Å²) in [7, 11) is 0. The lowest BCUT2D eigenvalue weighted by atomic mass is 9.82. The standard InChI is InChI=1S/C24H20ClNO4/c1-13-10-16-11-18(13)21-20(16)22(27)26(23(21)28)17-8-6-14(7-9-17)24(29)30-12-15-4-2-3-5-19(15)25/h2-10,16,18,20-21H,11-12H2,1H3/t16-,18+,20+,21+/m0/s1. The molecule has 1 aliphatic heterocycles. The fraction of sp³-hybridized carbons (Fsp3) is 0.292. The van der Waals surface area contributed by atoms with E-state index in [1.165, 1.54) is 10.5 Å². The number of ether oxygens (including phenoxy) is 1. The van der Waals surface area contributed by atoms with Gasteiger partial charge < -0.3 is 4.74 Å². The Morgan fingerprint density at radius 1 is 1.07 bits per heavy atom. The van der Waals surface area contributed by atoms with Crippen molar-refractivity contribution in [3.8, 4) is 0 Å². The van der Waals surface area contributed by atoms with Crippen LogP contribution in [0.1, 0.15) is 29.3 Å². The zero-order valence-corrected chi connectivity index (χ0v) is 17.1.